The smallest absolute Gasteiger partial charge is 0.253 e. The molecule has 158 valence electrons. The highest BCUT2D eigenvalue weighted by atomic mass is 19.1. The molecule has 1 aliphatic rings. The number of nitrogens with zero attached hydrogens (tertiary/aromatic N) is 2. The molecule has 2 amide bonds. The number of halogens is 1. The highest BCUT2D eigenvalue weighted by molar-refractivity contribution is 5.95. The lowest BCUT2D eigenvalue weighted by atomic mass is 9.95. The molecule has 0 aliphatic carbocycles. The molecule has 0 radical (unpaired) electrons. The molecule has 1 aliphatic heterocycles. The molecule has 1 N–H and O–H groups in total. The Morgan fingerprint density at radius 2 is 1.80 bits per heavy atom. The topological polar surface area (TPSA) is 80.2 Å². The summed E-state index contributed by atoms with van der Waals surface area (Å²) in [6.07, 6.45) is 2.34. The summed E-state index contributed by atoms with van der Waals surface area (Å²) in [5.41, 5.74) is 3.27. The summed E-state index contributed by atoms with van der Waals surface area (Å²) in [6.45, 7) is 0.921. The molecule has 8 heteroatoms. The Bertz CT molecular complexity index is 940. The molecule has 0 spiro atoms. The van der Waals surface area contributed by atoms with E-state index in [2.05, 4.69) is 10.5 Å². The van der Waals surface area contributed by atoms with E-state index >= 15 is 0 Å². The van der Waals surface area contributed by atoms with Crippen molar-refractivity contribution in [2.24, 2.45) is 11.0 Å². The first-order valence-electron chi connectivity index (χ1n) is 9.62. The lowest BCUT2D eigenvalue weighted by Gasteiger charge is -2.31. The Morgan fingerprint density at radius 1 is 1.10 bits per heavy atom. The van der Waals surface area contributed by atoms with Crippen LogP contribution in [0.15, 0.2) is 47.6 Å². The van der Waals surface area contributed by atoms with E-state index in [4.69, 9.17) is 9.47 Å². The maximum Gasteiger partial charge on any atom is 0.253 e. The third-order valence-electron chi connectivity index (χ3n) is 5.07. The lowest BCUT2D eigenvalue weighted by Crippen LogP contribution is -2.42. The van der Waals surface area contributed by atoms with E-state index in [0.29, 0.717) is 48.6 Å². The molecule has 0 unspecified atom stereocenters. The van der Waals surface area contributed by atoms with Crippen molar-refractivity contribution in [2.75, 3.05) is 27.3 Å². The third kappa shape index (κ3) is 4.94. The quantitative estimate of drug-likeness (QED) is 0.583. The molecule has 2 aromatic rings. The van der Waals surface area contributed by atoms with Gasteiger partial charge in [-0.3, -0.25) is 9.59 Å². The number of hydrazone groups is 1. The number of methoxy groups -OCH3 is 2. The van der Waals surface area contributed by atoms with Crippen LogP contribution in [0.3, 0.4) is 0 Å². The standard InChI is InChI=1S/C22H24FN3O4/c1-29-19-8-7-16(13-20(19)30-2)22(28)26-11-9-15(10-12-26)21(27)25-24-14-17-5-3-4-6-18(17)23/h3-8,13-15H,9-12H2,1-2H3,(H,25,27)/b24-14-. The number of hydrogen-bond acceptors (Lipinski definition) is 5. The van der Waals surface area contributed by atoms with Crippen LogP contribution in [-0.2, 0) is 4.79 Å². The van der Waals surface area contributed by atoms with Gasteiger partial charge in [0, 0.05) is 30.1 Å². The Kier molecular flexibility index (Phi) is 7.00. The number of carbonyl (C=O) groups excluding carboxylic acids is 2. The van der Waals surface area contributed by atoms with E-state index < -0.39 is 5.82 Å². The van der Waals surface area contributed by atoms with Crippen molar-refractivity contribution in [1.82, 2.24) is 10.3 Å². The van der Waals surface area contributed by atoms with Gasteiger partial charge in [-0.2, -0.15) is 5.10 Å². The summed E-state index contributed by atoms with van der Waals surface area (Å²) in [4.78, 5) is 26.8. The average Bonchev–Trinajstić information content (AvgIpc) is 2.79. The first-order chi connectivity index (χ1) is 14.5. The fourth-order valence-electron chi connectivity index (χ4n) is 3.33. The molecule has 0 bridgehead atoms. The lowest BCUT2D eigenvalue weighted by molar-refractivity contribution is -0.126. The highest BCUT2D eigenvalue weighted by Crippen LogP contribution is 2.28. The Balaban J connectivity index is 1.53. The van der Waals surface area contributed by atoms with Gasteiger partial charge in [0.2, 0.25) is 5.91 Å². The van der Waals surface area contributed by atoms with E-state index in [1.807, 2.05) is 0 Å². The van der Waals surface area contributed by atoms with Gasteiger partial charge in [-0.1, -0.05) is 18.2 Å². The Labute approximate surface area is 174 Å². The second-order valence-electron chi connectivity index (χ2n) is 6.89. The van der Waals surface area contributed by atoms with Gasteiger partial charge in [-0.15, -0.1) is 0 Å². The molecular formula is C22H24FN3O4. The molecular weight excluding hydrogens is 389 g/mol. The van der Waals surface area contributed by atoms with Crippen molar-refractivity contribution in [2.45, 2.75) is 12.8 Å². The number of rotatable bonds is 6. The van der Waals surface area contributed by atoms with Crippen molar-refractivity contribution in [3.05, 3.63) is 59.4 Å². The van der Waals surface area contributed by atoms with Crippen molar-refractivity contribution in [3.63, 3.8) is 0 Å². The van der Waals surface area contributed by atoms with Crippen molar-refractivity contribution >= 4 is 18.0 Å². The second kappa shape index (κ2) is 9.87. The molecule has 1 heterocycles. The summed E-state index contributed by atoms with van der Waals surface area (Å²) in [6, 6.07) is 11.2. The van der Waals surface area contributed by atoms with Gasteiger partial charge in [-0.25, -0.2) is 9.82 Å². The third-order valence-corrected chi connectivity index (χ3v) is 5.07. The predicted octanol–water partition coefficient (Wildman–Crippen LogP) is 2.85. The van der Waals surface area contributed by atoms with Gasteiger partial charge in [0.15, 0.2) is 11.5 Å². The minimum absolute atomic E-state index is 0.118. The van der Waals surface area contributed by atoms with Gasteiger partial charge < -0.3 is 14.4 Å². The van der Waals surface area contributed by atoms with Gasteiger partial charge in [0.05, 0.1) is 20.4 Å². The zero-order valence-electron chi connectivity index (χ0n) is 16.9. The summed E-state index contributed by atoms with van der Waals surface area (Å²) in [5.74, 6) is 0.0357. The van der Waals surface area contributed by atoms with Crippen LogP contribution < -0.4 is 14.9 Å². The first-order valence-corrected chi connectivity index (χ1v) is 9.62. The number of benzene rings is 2. The number of amides is 2. The number of nitrogens with one attached hydrogen (secondary N) is 1. The summed E-state index contributed by atoms with van der Waals surface area (Å²) in [5, 5.41) is 3.84. The highest BCUT2D eigenvalue weighted by Gasteiger charge is 2.28. The summed E-state index contributed by atoms with van der Waals surface area (Å²) >= 11 is 0. The molecule has 0 atom stereocenters. The van der Waals surface area contributed by atoms with Crippen LogP contribution in [0.25, 0.3) is 0 Å². The number of ether oxygens (including phenoxy) is 2. The monoisotopic (exact) mass is 413 g/mol. The van der Waals surface area contributed by atoms with Gasteiger partial charge in [0.25, 0.3) is 5.91 Å². The minimum atomic E-state index is -0.405. The van der Waals surface area contributed by atoms with Crippen LogP contribution in [0.2, 0.25) is 0 Å². The molecule has 1 saturated heterocycles. The molecule has 0 saturated carbocycles. The minimum Gasteiger partial charge on any atom is -0.493 e. The van der Waals surface area contributed by atoms with Crippen molar-refractivity contribution in [3.8, 4) is 11.5 Å². The van der Waals surface area contributed by atoms with E-state index in [1.54, 1.807) is 41.3 Å². The molecule has 2 aromatic carbocycles. The zero-order chi connectivity index (χ0) is 21.5. The van der Waals surface area contributed by atoms with Crippen LogP contribution in [0.4, 0.5) is 4.39 Å². The zero-order valence-corrected chi connectivity index (χ0v) is 16.9. The normalized spacial score (nSPS) is 14.6. The fourth-order valence-corrected chi connectivity index (χ4v) is 3.33. The molecule has 1 fully saturated rings. The number of piperidine rings is 1. The molecule has 0 aromatic heterocycles. The largest absolute Gasteiger partial charge is 0.493 e. The average molecular weight is 413 g/mol. The van der Waals surface area contributed by atoms with E-state index in [9.17, 15) is 14.0 Å². The van der Waals surface area contributed by atoms with E-state index in [-0.39, 0.29) is 17.7 Å². The SMILES string of the molecule is COc1ccc(C(=O)N2CCC(C(=O)N/N=C\c3ccccc3F)CC2)cc1OC. The first kappa shape index (κ1) is 21.3. The van der Waals surface area contributed by atoms with Crippen LogP contribution in [-0.4, -0.2) is 50.2 Å². The fraction of sp³-hybridized carbons (Fsp3) is 0.318. The van der Waals surface area contributed by atoms with Crippen LogP contribution in [0, 0.1) is 11.7 Å². The van der Waals surface area contributed by atoms with E-state index in [1.165, 1.54) is 26.5 Å². The molecule has 30 heavy (non-hydrogen) atoms. The number of carbonyl (C=O) groups is 2. The van der Waals surface area contributed by atoms with E-state index in [0.717, 1.165) is 0 Å². The number of likely N-dealkylation sites (tertiary alicyclic amines) is 1. The van der Waals surface area contributed by atoms with Gasteiger partial charge >= 0.3 is 0 Å². The second-order valence-corrected chi connectivity index (χ2v) is 6.89. The van der Waals surface area contributed by atoms with Gasteiger partial charge in [-0.05, 0) is 37.1 Å². The molecule has 3 rings (SSSR count). The molecule has 7 nitrogen and oxygen atoms in total. The summed E-state index contributed by atoms with van der Waals surface area (Å²) < 4.78 is 24.0. The maximum atomic E-state index is 13.6. The van der Waals surface area contributed by atoms with Crippen LogP contribution in [0.1, 0.15) is 28.8 Å². The van der Waals surface area contributed by atoms with Crippen molar-refractivity contribution < 1.29 is 23.5 Å². The Morgan fingerprint density at radius 3 is 2.47 bits per heavy atom. The van der Waals surface area contributed by atoms with Crippen molar-refractivity contribution in [1.29, 1.82) is 0 Å². The summed E-state index contributed by atoms with van der Waals surface area (Å²) in [7, 11) is 3.06. The van der Waals surface area contributed by atoms with Crippen LogP contribution >= 0.6 is 0 Å². The predicted molar refractivity (Wildman–Crippen MR) is 110 cm³/mol. The maximum absolute atomic E-state index is 13.6. The van der Waals surface area contributed by atoms with Crippen LogP contribution in [0.5, 0.6) is 11.5 Å². The Hall–Kier alpha value is -3.42. The van der Waals surface area contributed by atoms with Gasteiger partial charge in [0.1, 0.15) is 5.82 Å². The number of hydrogen-bond donors (Lipinski definition) is 1.